The molecule has 7 heteroatoms. The van der Waals surface area contributed by atoms with E-state index in [4.69, 9.17) is 4.74 Å². The molecule has 0 bridgehead atoms. The molecule has 0 aliphatic rings. The van der Waals surface area contributed by atoms with Gasteiger partial charge in [0.1, 0.15) is 4.88 Å². The maximum absolute atomic E-state index is 12.1. The Hall–Kier alpha value is -1.99. The van der Waals surface area contributed by atoms with Crippen molar-refractivity contribution >= 4 is 50.6 Å². The molecule has 0 aliphatic heterocycles. The van der Waals surface area contributed by atoms with Crippen molar-refractivity contribution in [3.8, 4) is 0 Å². The van der Waals surface area contributed by atoms with Gasteiger partial charge in [0.15, 0.2) is 12.4 Å². The Morgan fingerprint density at radius 1 is 1.12 bits per heavy atom. The second-order valence-corrected chi connectivity index (χ2v) is 7.44. The Labute approximate surface area is 152 Å². The molecule has 2 rings (SSSR count). The fourth-order valence-corrected chi connectivity index (χ4v) is 3.18. The molecule has 24 heavy (non-hydrogen) atoms. The second kappa shape index (κ2) is 8.75. The summed E-state index contributed by atoms with van der Waals surface area (Å²) in [6, 6.07) is 9.88. The molecule has 5 nitrogen and oxygen atoms in total. The zero-order chi connectivity index (χ0) is 17.5. The van der Waals surface area contributed by atoms with Gasteiger partial charge in [0.05, 0.1) is 3.79 Å². The minimum atomic E-state index is -0.525. The molecule has 0 radical (unpaired) electrons. The van der Waals surface area contributed by atoms with Crippen LogP contribution in [0.3, 0.4) is 0 Å². The molecule has 0 fully saturated rings. The Balaban J connectivity index is 1.88. The highest BCUT2D eigenvalue weighted by molar-refractivity contribution is 9.11. The number of carbonyl (C=O) groups is 3. The number of hydrogen-bond donors (Lipinski definition) is 1. The quantitative estimate of drug-likeness (QED) is 0.546. The number of benzene rings is 1. The van der Waals surface area contributed by atoms with Crippen molar-refractivity contribution in [2.45, 2.75) is 19.8 Å². The summed E-state index contributed by atoms with van der Waals surface area (Å²) in [6.45, 7) is 1.60. The van der Waals surface area contributed by atoms with Crippen LogP contribution in [-0.2, 0) is 9.53 Å². The van der Waals surface area contributed by atoms with Gasteiger partial charge in [0.2, 0.25) is 5.91 Å². The van der Waals surface area contributed by atoms with Crippen molar-refractivity contribution in [2.24, 2.45) is 0 Å². The number of thiophene rings is 1. The number of esters is 1. The number of hydrogen-bond acceptors (Lipinski definition) is 5. The number of Topliss-reactive ketones (excluding diaryl/α,β-unsaturated/α-hetero) is 1. The third-order valence-corrected chi connectivity index (χ3v) is 4.68. The van der Waals surface area contributed by atoms with E-state index in [1.807, 2.05) is 6.92 Å². The lowest BCUT2D eigenvalue weighted by Crippen LogP contribution is -2.14. The molecule has 1 N–H and O–H groups in total. The smallest absolute Gasteiger partial charge is 0.348 e. The van der Waals surface area contributed by atoms with Crippen LogP contribution in [0.1, 0.15) is 39.8 Å². The third-order valence-electron chi connectivity index (χ3n) is 3.08. The summed E-state index contributed by atoms with van der Waals surface area (Å²) in [5, 5.41) is 2.74. The van der Waals surface area contributed by atoms with Crippen molar-refractivity contribution in [1.82, 2.24) is 0 Å². The number of ether oxygens (including phenoxy) is 1. The average molecular weight is 410 g/mol. The summed E-state index contributed by atoms with van der Waals surface area (Å²) >= 11 is 4.51. The zero-order valence-corrected chi connectivity index (χ0v) is 15.4. The Kier molecular flexibility index (Phi) is 6.69. The van der Waals surface area contributed by atoms with Gasteiger partial charge in [0, 0.05) is 17.7 Å². The van der Waals surface area contributed by atoms with Gasteiger partial charge < -0.3 is 10.1 Å². The van der Waals surface area contributed by atoms with Gasteiger partial charge in [-0.3, -0.25) is 9.59 Å². The minimum absolute atomic E-state index is 0.0624. The molecular formula is C17H16BrNO4S. The fraction of sp³-hybridized carbons (Fsp3) is 0.235. The predicted molar refractivity (Wildman–Crippen MR) is 96.6 cm³/mol. The average Bonchev–Trinajstić information content (AvgIpc) is 3.00. The number of amides is 1. The van der Waals surface area contributed by atoms with Crippen molar-refractivity contribution in [3.05, 3.63) is 50.6 Å². The molecule has 0 spiro atoms. The first-order chi connectivity index (χ1) is 11.5. The number of anilines is 1. The third kappa shape index (κ3) is 5.28. The van der Waals surface area contributed by atoms with Crippen molar-refractivity contribution in [1.29, 1.82) is 0 Å². The van der Waals surface area contributed by atoms with E-state index >= 15 is 0 Å². The first-order valence-electron chi connectivity index (χ1n) is 7.35. The monoisotopic (exact) mass is 409 g/mol. The van der Waals surface area contributed by atoms with Gasteiger partial charge in [-0.1, -0.05) is 6.92 Å². The first-order valence-corrected chi connectivity index (χ1v) is 8.96. The van der Waals surface area contributed by atoms with Crippen LogP contribution in [-0.4, -0.2) is 24.3 Å². The summed E-state index contributed by atoms with van der Waals surface area (Å²) in [5.74, 6) is -0.888. The summed E-state index contributed by atoms with van der Waals surface area (Å²) in [4.78, 5) is 35.8. The molecule has 1 aromatic carbocycles. The van der Waals surface area contributed by atoms with E-state index in [1.54, 1.807) is 36.4 Å². The second-order valence-electron chi connectivity index (χ2n) is 4.98. The van der Waals surface area contributed by atoms with Crippen LogP contribution >= 0.6 is 27.3 Å². The normalized spacial score (nSPS) is 10.2. The summed E-state index contributed by atoms with van der Waals surface area (Å²) in [5.41, 5.74) is 1.05. The molecule has 0 unspecified atom stereocenters. The van der Waals surface area contributed by atoms with Gasteiger partial charge in [-0.05, 0) is 58.7 Å². The van der Waals surface area contributed by atoms with Crippen LogP contribution < -0.4 is 5.32 Å². The fourth-order valence-electron chi connectivity index (χ4n) is 1.90. The first kappa shape index (κ1) is 18.4. The molecular weight excluding hydrogens is 394 g/mol. The molecule has 2 aromatic rings. The highest BCUT2D eigenvalue weighted by Crippen LogP contribution is 2.22. The number of ketones is 1. The molecule has 0 saturated carbocycles. The lowest BCUT2D eigenvalue weighted by atomic mass is 10.1. The molecule has 0 saturated heterocycles. The highest BCUT2D eigenvalue weighted by Gasteiger charge is 2.13. The van der Waals surface area contributed by atoms with Gasteiger partial charge >= 0.3 is 5.97 Å². The van der Waals surface area contributed by atoms with Crippen LogP contribution in [0.15, 0.2) is 40.2 Å². The van der Waals surface area contributed by atoms with Gasteiger partial charge in [-0.25, -0.2) is 4.79 Å². The molecule has 1 aromatic heterocycles. The largest absolute Gasteiger partial charge is 0.453 e. The Morgan fingerprint density at radius 3 is 2.42 bits per heavy atom. The topological polar surface area (TPSA) is 72.5 Å². The molecule has 1 amide bonds. The summed E-state index contributed by atoms with van der Waals surface area (Å²) in [7, 11) is 0. The molecule has 1 heterocycles. The number of carbonyl (C=O) groups excluding carboxylic acids is 3. The predicted octanol–water partition coefficient (Wildman–Crippen LogP) is 4.29. The molecule has 0 aliphatic carbocycles. The standard InChI is InChI=1S/C17H16BrNO4S/c1-2-3-16(21)19-12-6-4-11(5-7-12)13(20)10-23-17(22)14-8-9-15(18)24-14/h4-9H,2-3,10H2,1H3,(H,19,21). The number of halogens is 1. The number of rotatable bonds is 7. The minimum Gasteiger partial charge on any atom is -0.453 e. The lowest BCUT2D eigenvalue weighted by molar-refractivity contribution is -0.116. The SMILES string of the molecule is CCCC(=O)Nc1ccc(C(=O)COC(=O)c2ccc(Br)s2)cc1. The van der Waals surface area contributed by atoms with Crippen molar-refractivity contribution in [3.63, 3.8) is 0 Å². The van der Waals surface area contributed by atoms with Crippen LogP contribution in [0.4, 0.5) is 5.69 Å². The van der Waals surface area contributed by atoms with E-state index in [1.165, 1.54) is 11.3 Å². The van der Waals surface area contributed by atoms with Crippen LogP contribution in [0.25, 0.3) is 0 Å². The summed E-state index contributed by atoms with van der Waals surface area (Å²) in [6.07, 6.45) is 1.23. The van der Waals surface area contributed by atoms with Crippen LogP contribution in [0, 0.1) is 0 Å². The van der Waals surface area contributed by atoms with E-state index in [9.17, 15) is 14.4 Å². The zero-order valence-electron chi connectivity index (χ0n) is 13.0. The van der Waals surface area contributed by atoms with Gasteiger partial charge in [0.25, 0.3) is 0 Å². The van der Waals surface area contributed by atoms with Crippen LogP contribution in [0.5, 0.6) is 0 Å². The molecule has 126 valence electrons. The van der Waals surface area contributed by atoms with Crippen molar-refractivity contribution in [2.75, 3.05) is 11.9 Å². The van der Waals surface area contributed by atoms with Crippen LogP contribution in [0.2, 0.25) is 0 Å². The maximum atomic E-state index is 12.1. The maximum Gasteiger partial charge on any atom is 0.348 e. The van der Waals surface area contributed by atoms with Gasteiger partial charge in [-0.2, -0.15) is 0 Å². The molecule has 0 atom stereocenters. The Morgan fingerprint density at radius 2 is 1.83 bits per heavy atom. The highest BCUT2D eigenvalue weighted by atomic mass is 79.9. The van der Waals surface area contributed by atoms with E-state index in [0.717, 1.165) is 10.2 Å². The van der Waals surface area contributed by atoms with E-state index in [2.05, 4.69) is 21.2 Å². The lowest BCUT2D eigenvalue weighted by Gasteiger charge is -2.06. The van der Waals surface area contributed by atoms with E-state index < -0.39 is 5.97 Å². The summed E-state index contributed by atoms with van der Waals surface area (Å²) < 4.78 is 5.84. The number of nitrogens with one attached hydrogen (secondary N) is 1. The van der Waals surface area contributed by atoms with Crippen molar-refractivity contribution < 1.29 is 19.1 Å². The Bertz CT molecular complexity index is 739. The van der Waals surface area contributed by atoms with E-state index in [0.29, 0.717) is 22.5 Å². The van der Waals surface area contributed by atoms with Gasteiger partial charge in [-0.15, -0.1) is 11.3 Å². The van der Waals surface area contributed by atoms with E-state index in [-0.39, 0.29) is 18.3 Å².